The molecule has 1 aliphatic carbocycles. The molecule has 3 rings (SSSR count). The smallest absolute Gasteiger partial charge is 0.314 e. The fourth-order valence-electron chi connectivity index (χ4n) is 3.34. The van der Waals surface area contributed by atoms with E-state index in [-0.39, 0.29) is 6.10 Å². The molecule has 3 unspecified atom stereocenters. The van der Waals surface area contributed by atoms with Crippen molar-refractivity contribution in [3.63, 3.8) is 0 Å². The summed E-state index contributed by atoms with van der Waals surface area (Å²) in [5, 5.41) is 9.58. The Hall–Kier alpha value is -1.35. The van der Waals surface area contributed by atoms with Crippen molar-refractivity contribution in [3.8, 4) is 0 Å². The highest BCUT2D eigenvalue weighted by Crippen LogP contribution is 2.54. The Morgan fingerprint density at radius 3 is 2.78 bits per heavy atom. The quantitative estimate of drug-likeness (QED) is 0.834. The van der Waals surface area contributed by atoms with Crippen LogP contribution >= 0.6 is 0 Å². The van der Waals surface area contributed by atoms with Crippen molar-refractivity contribution in [1.29, 1.82) is 0 Å². The lowest BCUT2D eigenvalue weighted by Crippen LogP contribution is -2.31. The van der Waals surface area contributed by atoms with Crippen molar-refractivity contribution >= 4 is 5.97 Å². The van der Waals surface area contributed by atoms with Crippen molar-refractivity contribution < 1.29 is 14.6 Å². The Kier molecular flexibility index (Phi) is 2.86. The lowest BCUT2D eigenvalue weighted by Gasteiger charge is -2.21. The number of aliphatic carboxylic acids is 1. The number of ether oxygens (including phenoxy) is 1. The maximum atomic E-state index is 11.7. The zero-order chi connectivity index (χ0) is 12.6. The summed E-state index contributed by atoms with van der Waals surface area (Å²) in [5.41, 5.74) is 0.443. The van der Waals surface area contributed by atoms with Gasteiger partial charge < -0.3 is 9.84 Å². The van der Waals surface area contributed by atoms with Crippen LogP contribution in [-0.4, -0.2) is 22.8 Å². The van der Waals surface area contributed by atoms with Crippen LogP contribution < -0.4 is 0 Å². The first-order chi connectivity index (χ1) is 8.74. The molecule has 3 nitrogen and oxygen atoms in total. The SMILES string of the molecule is O=C(O)C(c1ccccc1)C12CCCCCC1O2. The molecule has 2 fully saturated rings. The molecule has 3 atom stereocenters. The largest absolute Gasteiger partial charge is 0.481 e. The molecule has 1 saturated carbocycles. The minimum atomic E-state index is -0.759. The van der Waals surface area contributed by atoms with Crippen LogP contribution in [0.2, 0.25) is 0 Å². The van der Waals surface area contributed by atoms with Gasteiger partial charge in [-0.3, -0.25) is 4.79 Å². The van der Waals surface area contributed by atoms with Crippen LogP contribution in [-0.2, 0) is 9.53 Å². The molecule has 1 aliphatic heterocycles. The lowest BCUT2D eigenvalue weighted by molar-refractivity contribution is -0.140. The van der Waals surface area contributed by atoms with Gasteiger partial charge in [0.1, 0.15) is 11.5 Å². The average Bonchev–Trinajstić information content (AvgIpc) is 3.04. The molecule has 1 heterocycles. The third-order valence-corrected chi connectivity index (χ3v) is 4.25. The van der Waals surface area contributed by atoms with Gasteiger partial charge in [-0.25, -0.2) is 0 Å². The molecule has 1 saturated heterocycles. The highest BCUT2D eigenvalue weighted by Gasteiger charge is 2.63. The third kappa shape index (κ3) is 1.83. The van der Waals surface area contributed by atoms with E-state index in [1.165, 1.54) is 6.42 Å². The van der Waals surface area contributed by atoms with Gasteiger partial charge in [0.2, 0.25) is 0 Å². The summed E-state index contributed by atoms with van der Waals surface area (Å²) in [7, 11) is 0. The molecule has 2 aliphatic rings. The van der Waals surface area contributed by atoms with Crippen molar-refractivity contribution in [2.45, 2.75) is 49.7 Å². The summed E-state index contributed by atoms with van der Waals surface area (Å²) in [6, 6.07) is 9.51. The van der Waals surface area contributed by atoms with Crippen LogP contribution in [0.5, 0.6) is 0 Å². The van der Waals surface area contributed by atoms with E-state index < -0.39 is 17.5 Å². The highest BCUT2D eigenvalue weighted by molar-refractivity contribution is 5.78. The van der Waals surface area contributed by atoms with E-state index >= 15 is 0 Å². The van der Waals surface area contributed by atoms with Crippen molar-refractivity contribution in [2.75, 3.05) is 0 Å². The third-order valence-electron chi connectivity index (χ3n) is 4.25. The van der Waals surface area contributed by atoms with Crippen LogP contribution in [0.25, 0.3) is 0 Å². The van der Waals surface area contributed by atoms with Crippen LogP contribution in [0.1, 0.15) is 43.6 Å². The van der Waals surface area contributed by atoms with Gasteiger partial charge in [-0.15, -0.1) is 0 Å². The molecule has 0 bridgehead atoms. The normalized spacial score (nSPS) is 32.1. The topological polar surface area (TPSA) is 49.8 Å². The molecule has 1 N–H and O–H groups in total. The zero-order valence-corrected chi connectivity index (χ0v) is 10.3. The second kappa shape index (κ2) is 4.39. The molecule has 0 aromatic heterocycles. The molecule has 0 radical (unpaired) electrons. The molecule has 18 heavy (non-hydrogen) atoms. The number of carboxylic acids is 1. The standard InChI is InChI=1S/C15H18O3/c16-14(17)13(11-7-3-1-4-8-11)15-10-6-2-5-9-12(15)18-15/h1,3-4,7-8,12-13H,2,5-6,9-10H2,(H,16,17). The second-order valence-electron chi connectivity index (χ2n) is 5.34. The fourth-order valence-corrected chi connectivity index (χ4v) is 3.34. The van der Waals surface area contributed by atoms with Gasteiger partial charge in [-0.1, -0.05) is 49.6 Å². The first kappa shape index (κ1) is 11.7. The fraction of sp³-hybridized carbons (Fsp3) is 0.533. The van der Waals surface area contributed by atoms with Crippen LogP contribution in [0.3, 0.4) is 0 Å². The first-order valence-electron chi connectivity index (χ1n) is 6.69. The van der Waals surface area contributed by atoms with Gasteiger partial charge in [-0.05, 0) is 18.4 Å². The van der Waals surface area contributed by atoms with Crippen molar-refractivity contribution in [1.82, 2.24) is 0 Å². The van der Waals surface area contributed by atoms with Gasteiger partial charge in [0, 0.05) is 0 Å². The number of rotatable bonds is 3. The number of hydrogen-bond acceptors (Lipinski definition) is 2. The summed E-state index contributed by atoms with van der Waals surface area (Å²) in [6.45, 7) is 0. The first-order valence-corrected chi connectivity index (χ1v) is 6.69. The van der Waals surface area contributed by atoms with E-state index in [2.05, 4.69) is 0 Å². The second-order valence-corrected chi connectivity index (χ2v) is 5.34. The van der Waals surface area contributed by atoms with Gasteiger partial charge in [-0.2, -0.15) is 0 Å². The summed E-state index contributed by atoms with van der Waals surface area (Å²) in [4.78, 5) is 11.7. The summed E-state index contributed by atoms with van der Waals surface area (Å²) in [5.74, 6) is -1.27. The Balaban J connectivity index is 1.94. The number of epoxide rings is 1. The lowest BCUT2D eigenvalue weighted by atomic mass is 9.81. The molecule has 1 aromatic rings. The number of benzene rings is 1. The molecular weight excluding hydrogens is 228 g/mol. The van der Waals surface area contributed by atoms with E-state index in [9.17, 15) is 9.90 Å². The minimum Gasteiger partial charge on any atom is -0.481 e. The Morgan fingerprint density at radius 2 is 2.06 bits per heavy atom. The van der Waals surface area contributed by atoms with Crippen LogP contribution in [0.4, 0.5) is 0 Å². The van der Waals surface area contributed by atoms with Crippen molar-refractivity contribution in [2.24, 2.45) is 0 Å². The van der Waals surface area contributed by atoms with Crippen LogP contribution in [0, 0.1) is 0 Å². The Labute approximate surface area is 107 Å². The summed E-state index contributed by atoms with van der Waals surface area (Å²) < 4.78 is 5.84. The molecule has 3 heteroatoms. The Bertz CT molecular complexity index is 442. The minimum absolute atomic E-state index is 0.154. The van der Waals surface area contributed by atoms with E-state index in [1.54, 1.807) is 0 Å². The zero-order valence-electron chi connectivity index (χ0n) is 10.3. The van der Waals surface area contributed by atoms with E-state index in [1.807, 2.05) is 30.3 Å². The molecule has 0 amide bonds. The average molecular weight is 246 g/mol. The van der Waals surface area contributed by atoms with E-state index in [4.69, 9.17) is 4.74 Å². The molecule has 0 spiro atoms. The highest BCUT2D eigenvalue weighted by atomic mass is 16.6. The number of carbonyl (C=O) groups is 1. The molecule has 96 valence electrons. The Morgan fingerprint density at radius 1 is 1.28 bits per heavy atom. The van der Waals surface area contributed by atoms with E-state index in [0.717, 1.165) is 31.2 Å². The monoisotopic (exact) mass is 246 g/mol. The van der Waals surface area contributed by atoms with Gasteiger partial charge in [0.25, 0.3) is 0 Å². The number of carboxylic acid groups (broad SMARTS) is 1. The maximum absolute atomic E-state index is 11.7. The number of hydrogen-bond donors (Lipinski definition) is 1. The van der Waals surface area contributed by atoms with Gasteiger partial charge >= 0.3 is 5.97 Å². The molecular formula is C15H18O3. The van der Waals surface area contributed by atoms with Crippen LogP contribution in [0.15, 0.2) is 30.3 Å². The number of fused-ring (bicyclic) bond motifs is 1. The van der Waals surface area contributed by atoms with Gasteiger partial charge in [0.15, 0.2) is 0 Å². The summed E-state index contributed by atoms with van der Waals surface area (Å²) >= 11 is 0. The molecule has 1 aromatic carbocycles. The van der Waals surface area contributed by atoms with Gasteiger partial charge in [0.05, 0.1) is 6.10 Å². The van der Waals surface area contributed by atoms with Crippen molar-refractivity contribution in [3.05, 3.63) is 35.9 Å². The predicted octanol–water partition coefficient (Wildman–Crippen LogP) is 2.96. The van der Waals surface area contributed by atoms with E-state index in [0.29, 0.717) is 0 Å². The maximum Gasteiger partial charge on any atom is 0.314 e. The summed E-state index contributed by atoms with van der Waals surface area (Å²) in [6.07, 6.45) is 5.48. The predicted molar refractivity (Wildman–Crippen MR) is 67.5 cm³/mol.